The molecule has 1 aliphatic heterocycles. The van der Waals surface area contributed by atoms with Gasteiger partial charge in [0.25, 0.3) is 0 Å². The Morgan fingerprint density at radius 2 is 2.11 bits per heavy atom. The maximum absolute atomic E-state index is 9.87. The first-order valence-electron chi connectivity index (χ1n) is 5.61. The lowest BCUT2D eigenvalue weighted by Crippen LogP contribution is -2.33. The molecule has 0 bridgehead atoms. The van der Waals surface area contributed by atoms with Crippen molar-refractivity contribution in [2.75, 3.05) is 6.61 Å². The molecule has 4 atom stereocenters. The van der Waals surface area contributed by atoms with E-state index in [0.29, 0.717) is 11.0 Å². The topological polar surface area (TPSA) is 114 Å². The summed E-state index contributed by atoms with van der Waals surface area (Å²) in [4.78, 5) is 5.00. The summed E-state index contributed by atoms with van der Waals surface area (Å²) in [7, 11) is 0. The number of nitrogens with zero attached hydrogens (tertiary/aromatic N) is 4. The number of aromatic nitrogens is 4. The van der Waals surface area contributed by atoms with Crippen molar-refractivity contribution in [3.63, 3.8) is 0 Å². The zero-order valence-electron chi connectivity index (χ0n) is 9.59. The molecule has 19 heavy (non-hydrogen) atoms. The average molecular weight is 287 g/mol. The van der Waals surface area contributed by atoms with Crippen LogP contribution < -0.4 is 0 Å². The lowest BCUT2D eigenvalue weighted by atomic mass is 10.1. The van der Waals surface area contributed by atoms with Crippen LogP contribution in [0.3, 0.4) is 0 Å². The number of aliphatic hydroxyl groups is 3. The number of pyridine rings is 1. The first kappa shape index (κ1) is 12.7. The maximum Gasteiger partial charge on any atom is 0.198 e. The summed E-state index contributed by atoms with van der Waals surface area (Å²) in [6.45, 7) is -0.405. The van der Waals surface area contributed by atoms with Crippen LogP contribution in [0.1, 0.15) is 6.23 Å². The predicted octanol–water partition coefficient (Wildman–Crippen LogP) is -0.909. The van der Waals surface area contributed by atoms with E-state index in [2.05, 4.69) is 15.2 Å². The Hall–Kier alpha value is -1.32. The monoisotopic (exact) mass is 286 g/mol. The molecule has 0 radical (unpaired) electrons. The zero-order chi connectivity index (χ0) is 13.6. The number of ether oxygens (including phenoxy) is 1. The van der Waals surface area contributed by atoms with Crippen LogP contribution in [0.2, 0.25) is 5.15 Å². The zero-order valence-corrected chi connectivity index (χ0v) is 10.3. The molecule has 0 aliphatic carbocycles. The highest BCUT2D eigenvalue weighted by Gasteiger charge is 2.44. The highest BCUT2D eigenvalue weighted by atomic mass is 35.5. The Morgan fingerprint density at radius 3 is 2.74 bits per heavy atom. The molecule has 3 heterocycles. The largest absolute Gasteiger partial charge is 0.394 e. The van der Waals surface area contributed by atoms with Crippen LogP contribution in [0.25, 0.3) is 11.0 Å². The average Bonchev–Trinajstić information content (AvgIpc) is 2.94. The minimum Gasteiger partial charge on any atom is -0.394 e. The quantitative estimate of drug-likeness (QED) is 0.613. The molecule has 1 aliphatic rings. The van der Waals surface area contributed by atoms with E-state index in [-0.39, 0.29) is 5.15 Å². The second-order valence-electron chi connectivity index (χ2n) is 4.22. The standard InChI is InChI=1S/C10H11ClN4O4/c11-9-6-4(1-2-12-9)13-15(14-6)10-8(18)7(17)5(3-16)19-10/h1-2,5,7-8,10,16-18H,3H2/t5?,7?,8-,10-/m1/s1. The fourth-order valence-electron chi connectivity index (χ4n) is 2.01. The Morgan fingerprint density at radius 1 is 1.32 bits per heavy atom. The van der Waals surface area contributed by atoms with Gasteiger partial charge in [-0.15, -0.1) is 5.10 Å². The van der Waals surface area contributed by atoms with E-state index in [4.69, 9.17) is 21.4 Å². The molecule has 9 heteroatoms. The molecule has 2 aromatic rings. The van der Waals surface area contributed by atoms with Crippen molar-refractivity contribution in [3.8, 4) is 0 Å². The number of rotatable bonds is 2. The highest BCUT2D eigenvalue weighted by Crippen LogP contribution is 2.29. The SMILES string of the molecule is OCC1O[C@@H](n2nc3ccnc(Cl)c3n2)[C@H](O)C1O. The third-order valence-corrected chi connectivity index (χ3v) is 3.29. The summed E-state index contributed by atoms with van der Waals surface area (Å²) in [5.41, 5.74) is 0.875. The van der Waals surface area contributed by atoms with Crippen LogP contribution in [0.4, 0.5) is 0 Å². The second kappa shape index (κ2) is 4.66. The van der Waals surface area contributed by atoms with Gasteiger partial charge >= 0.3 is 0 Å². The number of hydrogen-bond acceptors (Lipinski definition) is 7. The summed E-state index contributed by atoms with van der Waals surface area (Å²) in [5.74, 6) is 0. The van der Waals surface area contributed by atoms with Gasteiger partial charge in [-0.25, -0.2) is 4.98 Å². The summed E-state index contributed by atoms with van der Waals surface area (Å²) in [6, 6.07) is 1.62. The molecule has 102 valence electrons. The molecule has 0 saturated carbocycles. The van der Waals surface area contributed by atoms with Crippen LogP contribution in [0.5, 0.6) is 0 Å². The van der Waals surface area contributed by atoms with Crippen LogP contribution in [-0.4, -0.2) is 60.2 Å². The smallest absolute Gasteiger partial charge is 0.198 e. The molecule has 3 rings (SSSR count). The van der Waals surface area contributed by atoms with E-state index in [1.54, 1.807) is 6.07 Å². The maximum atomic E-state index is 9.87. The van der Waals surface area contributed by atoms with Crippen molar-refractivity contribution in [1.82, 2.24) is 20.0 Å². The summed E-state index contributed by atoms with van der Waals surface area (Å²) in [6.07, 6.45) is -2.79. The van der Waals surface area contributed by atoms with E-state index < -0.39 is 31.1 Å². The molecular formula is C10H11ClN4O4. The fourth-order valence-corrected chi connectivity index (χ4v) is 2.20. The van der Waals surface area contributed by atoms with Gasteiger partial charge in [0.15, 0.2) is 16.9 Å². The molecular weight excluding hydrogens is 276 g/mol. The van der Waals surface area contributed by atoms with Crippen molar-refractivity contribution < 1.29 is 20.1 Å². The third kappa shape index (κ3) is 1.97. The second-order valence-corrected chi connectivity index (χ2v) is 4.58. The van der Waals surface area contributed by atoms with Gasteiger partial charge in [-0.1, -0.05) is 11.6 Å². The van der Waals surface area contributed by atoms with E-state index >= 15 is 0 Å². The van der Waals surface area contributed by atoms with Crippen molar-refractivity contribution in [2.24, 2.45) is 0 Å². The van der Waals surface area contributed by atoms with E-state index in [1.807, 2.05) is 0 Å². The molecule has 0 amide bonds. The third-order valence-electron chi connectivity index (χ3n) is 3.02. The molecule has 0 spiro atoms. The molecule has 2 unspecified atom stereocenters. The van der Waals surface area contributed by atoms with Gasteiger partial charge in [0.05, 0.1) is 6.61 Å². The van der Waals surface area contributed by atoms with Crippen LogP contribution in [0, 0.1) is 0 Å². The highest BCUT2D eigenvalue weighted by molar-refractivity contribution is 6.33. The van der Waals surface area contributed by atoms with E-state index in [9.17, 15) is 10.2 Å². The van der Waals surface area contributed by atoms with Gasteiger partial charge in [0, 0.05) is 6.20 Å². The van der Waals surface area contributed by atoms with E-state index in [1.165, 1.54) is 6.20 Å². The van der Waals surface area contributed by atoms with Gasteiger partial charge in [-0.2, -0.15) is 9.90 Å². The van der Waals surface area contributed by atoms with Gasteiger partial charge in [0.1, 0.15) is 23.8 Å². The lowest BCUT2D eigenvalue weighted by molar-refractivity contribution is -0.0650. The van der Waals surface area contributed by atoms with Gasteiger partial charge in [0.2, 0.25) is 0 Å². The van der Waals surface area contributed by atoms with Crippen molar-refractivity contribution in [1.29, 1.82) is 0 Å². The Kier molecular flexibility index (Phi) is 3.11. The van der Waals surface area contributed by atoms with Crippen molar-refractivity contribution >= 4 is 22.6 Å². The predicted molar refractivity (Wildman–Crippen MR) is 63.3 cm³/mol. The molecule has 0 aromatic carbocycles. The Labute approximate surface area is 112 Å². The van der Waals surface area contributed by atoms with Crippen molar-refractivity contribution in [3.05, 3.63) is 17.4 Å². The minimum atomic E-state index is -1.23. The van der Waals surface area contributed by atoms with E-state index in [0.717, 1.165) is 4.80 Å². The summed E-state index contributed by atoms with van der Waals surface area (Å²) < 4.78 is 5.32. The molecule has 1 saturated heterocycles. The Balaban J connectivity index is 1.99. The van der Waals surface area contributed by atoms with Gasteiger partial charge < -0.3 is 20.1 Å². The number of fused-ring (bicyclic) bond motifs is 1. The first-order chi connectivity index (χ1) is 9.11. The number of halogens is 1. The summed E-state index contributed by atoms with van der Waals surface area (Å²) >= 11 is 5.88. The molecule has 8 nitrogen and oxygen atoms in total. The number of hydrogen-bond donors (Lipinski definition) is 3. The van der Waals surface area contributed by atoms with Crippen LogP contribution >= 0.6 is 11.6 Å². The lowest BCUT2D eigenvalue weighted by Gasteiger charge is -2.12. The van der Waals surface area contributed by atoms with Gasteiger partial charge in [-0.05, 0) is 6.07 Å². The number of aliphatic hydroxyl groups excluding tert-OH is 3. The molecule has 3 N–H and O–H groups in total. The first-order valence-corrected chi connectivity index (χ1v) is 5.99. The summed E-state index contributed by atoms with van der Waals surface area (Å²) in [5, 5.41) is 37.0. The molecule has 1 fully saturated rings. The van der Waals surface area contributed by atoms with Crippen LogP contribution in [-0.2, 0) is 4.74 Å². The Bertz CT molecular complexity index is 606. The van der Waals surface area contributed by atoms with Crippen molar-refractivity contribution in [2.45, 2.75) is 24.5 Å². The van der Waals surface area contributed by atoms with Crippen LogP contribution in [0.15, 0.2) is 12.3 Å². The minimum absolute atomic E-state index is 0.190. The normalized spacial score (nSPS) is 31.2. The van der Waals surface area contributed by atoms with Gasteiger partial charge in [-0.3, -0.25) is 0 Å². The molecule has 2 aromatic heterocycles. The fraction of sp³-hybridized carbons (Fsp3) is 0.500.